The second kappa shape index (κ2) is 6.69. The van der Waals surface area contributed by atoms with Crippen molar-refractivity contribution in [2.75, 3.05) is 0 Å². The molecule has 3 aromatic carbocycles. The summed E-state index contributed by atoms with van der Waals surface area (Å²) in [6, 6.07) is 32.4. The molecule has 0 aliphatic rings. The minimum absolute atomic E-state index is 0.817. The Morgan fingerprint density at radius 3 is 1.18 bits per heavy atom. The van der Waals surface area contributed by atoms with Gasteiger partial charge in [-0.3, -0.25) is 0 Å². The van der Waals surface area contributed by atoms with Crippen LogP contribution in [0.2, 0.25) is 5.21 Å². The molecule has 22 heavy (non-hydrogen) atoms. The van der Waals surface area contributed by atoms with Gasteiger partial charge < -0.3 is 0 Å². The van der Waals surface area contributed by atoms with E-state index < -0.39 is 13.6 Å². The van der Waals surface area contributed by atoms with Crippen molar-refractivity contribution in [2.45, 2.75) is 5.21 Å². The van der Waals surface area contributed by atoms with Gasteiger partial charge in [-0.05, 0) is 0 Å². The molecule has 0 N–H and O–H groups in total. The zero-order valence-corrected chi connectivity index (χ0v) is 14.5. The third kappa shape index (κ3) is 2.61. The van der Waals surface area contributed by atoms with Gasteiger partial charge in [0.25, 0.3) is 0 Å². The molecule has 108 valence electrons. The standard InChI is InChI=1S/C21H19As/c1-2-18-22(19-12-6-3-7-13-19,20-14-8-4-9-15-20)21-16-10-5-11-17-21/h1,3-17,22H,18H2. The molecule has 0 aliphatic carbocycles. The van der Waals surface area contributed by atoms with Gasteiger partial charge in [0.2, 0.25) is 0 Å². The van der Waals surface area contributed by atoms with Crippen LogP contribution in [0.1, 0.15) is 0 Å². The van der Waals surface area contributed by atoms with Crippen molar-refractivity contribution in [2.24, 2.45) is 0 Å². The molecule has 0 fully saturated rings. The molecule has 0 heterocycles. The third-order valence-electron chi connectivity index (χ3n) is 4.17. The van der Waals surface area contributed by atoms with E-state index >= 15 is 0 Å². The molecule has 0 saturated carbocycles. The van der Waals surface area contributed by atoms with E-state index in [4.69, 9.17) is 6.42 Å². The molecule has 0 atom stereocenters. The van der Waals surface area contributed by atoms with Gasteiger partial charge in [0.1, 0.15) is 0 Å². The van der Waals surface area contributed by atoms with E-state index in [0.29, 0.717) is 0 Å². The van der Waals surface area contributed by atoms with Crippen molar-refractivity contribution in [3.63, 3.8) is 0 Å². The molecule has 1 heteroatoms. The van der Waals surface area contributed by atoms with E-state index in [1.165, 1.54) is 13.1 Å². The number of hydrogen-bond acceptors (Lipinski definition) is 0. The average Bonchev–Trinajstić information content (AvgIpc) is 2.62. The summed E-state index contributed by atoms with van der Waals surface area (Å²) in [4.78, 5) is 0. The van der Waals surface area contributed by atoms with Crippen LogP contribution < -0.4 is 13.1 Å². The fourth-order valence-corrected chi connectivity index (χ4v) is 11.9. The van der Waals surface area contributed by atoms with Crippen LogP contribution in [0.4, 0.5) is 0 Å². The van der Waals surface area contributed by atoms with Crippen molar-refractivity contribution >= 4 is 26.6 Å². The van der Waals surface area contributed by atoms with Gasteiger partial charge in [0.15, 0.2) is 0 Å². The summed E-state index contributed by atoms with van der Waals surface area (Å²) in [7, 11) is 0. The van der Waals surface area contributed by atoms with Gasteiger partial charge >= 0.3 is 135 Å². The summed E-state index contributed by atoms with van der Waals surface area (Å²) in [5, 5.41) is 0.817. The van der Waals surface area contributed by atoms with E-state index in [9.17, 15) is 0 Å². The molecule has 3 aromatic rings. The van der Waals surface area contributed by atoms with E-state index in [1.807, 2.05) is 0 Å². The molecule has 0 aliphatic heterocycles. The number of hydrogen-bond donors (Lipinski definition) is 0. The fourth-order valence-electron chi connectivity index (χ4n) is 3.13. The molecule has 0 bridgehead atoms. The monoisotopic (exact) mass is 346 g/mol. The van der Waals surface area contributed by atoms with Gasteiger partial charge in [0, 0.05) is 0 Å². The van der Waals surface area contributed by atoms with Crippen molar-refractivity contribution in [1.82, 2.24) is 0 Å². The number of rotatable bonds is 4. The molecular weight excluding hydrogens is 327 g/mol. The molecular formula is C21H19As. The van der Waals surface area contributed by atoms with Gasteiger partial charge in [-0.1, -0.05) is 0 Å². The first kappa shape index (κ1) is 14.7. The van der Waals surface area contributed by atoms with E-state index in [-0.39, 0.29) is 0 Å². The first-order chi connectivity index (χ1) is 10.9. The summed E-state index contributed by atoms with van der Waals surface area (Å²) in [5.41, 5.74) is 0. The Morgan fingerprint density at radius 2 is 0.909 bits per heavy atom. The van der Waals surface area contributed by atoms with Gasteiger partial charge in [-0.25, -0.2) is 0 Å². The maximum absolute atomic E-state index is 5.82. The Labute approximate surface area is 135 Å². The number of benzene rings is 3. The zero-order valence-electron chi connectivity index (χ0n) is 12.4. The van der Waals surface area contributed by atoms with Crippen LogP contribution in [0.3, 0.4) is 0 Å². The van der Waals surface area contributed by atoms with Gasteiger partial charge in [-0.15, -0.1) is 0 Å². The molecule has 3 rings (SSSR count). The predicted octanol–water partition coefficient (Wildman–Crippen LogP) is 2.52. The van der Waals surface area contributed by atoms with Crippen LogP contribution in [0.15, 0.2) is 91.0 Å². The Bertz CT molecular complexity index is 659. The summed E-state index contributed by atoms with van der Waals surface area (Å²) in [6.07, 6.45) is 5.82. The molecule has 0 saturated heterocycles. The maximum atomic E-state index is 5.82. The van der Waals surface area contributed by atoms with Gasteiger partial charge in [-0.2, -0.15) is 0 Å². The van der Waals surface area contributed by atoms with E-state index in [1.54, 1.807) is 0 Å². The van der Waals surface area contributed by atoms with Crippen LogP contribution in [0.5, 0.6) is 0 Å². The van der Waals surface area contributed by atoms with Crippen molar-refractivity contribution in [1.29, 1.82) is 0 Å². The van der Waals surface area contributed by atoms with Crippen molar-refractivity contribution < 1.29 is 0 Å². The van der Waals surface area contributed by atoms with Crippen LogP contribution in [-0.2, 0) is 0 Å². The second-order valence-corrected chi connectivity index (χ2v) is 13.6. The topological polar surface area (TPSA) is 0 Å². The minimum atomic E-state index is -2.81. The Balaban J connectivity index is 2.32. The summed E-state index contributed by atoms with van der Waals surface area (Å²) in [5.74, 6) is 2.99. The fraction of sp³-hybridized carbons (Fsp3) is 0.0476. The Kier molecular flexibility index (Phi) is 4.47. The molecule has 0 amide bonds. The van der Waals surface area contributed by atoms with Crippen LogP contribution in [0.25, 0.3) is 0 Å². The van der Waals surface area contributed by atoms with Crippen LogP contribution >= 0.6 is 0 Å². The molecule has 0 radical (unpaired) electrons. The molecule has 0 unspecified atom stereocenters. The summed E-state index contributed by atoms with van der Waals surface area (Å²) >= 11 is -2.81. The molecule has 0 nitrogen and oxygen atoms in total. The first-order valence-corrected chi connectivity index (χ1v) is 12.1. The quantitative estimate of drug-likeness (QED) is 0.503. The number of terminal acetylenes is 1. The van der Waals surface area contributed by atoms with Crippen LogP contribution in [-0.4, -0.2) is 13.6 Å². The zero-order chi connectivity index (χ0) is 15.3. The van der Waals surface area contributed by atoms with E-state index in [2.05, 4.69) is 96.9 Å². The van der Waals surface area contributed by atoms with Crippen LogP contribution in [0, 0.1) is 12.3 Å². The SMILES string of the molecule is C#CC[AsH](c1ccccc1)(c1ccccc1)c1ccccc1. The molecule has 0 spiro atoms. The third-order valence-corrected chi connectivity index (χ3v) is 14.0. The van der Waals surface area contributed by atoms with Crippen molar-refractivity contribution in [3.05, 3.63) is 91.0 Å². The Morgan fingerprint density at radius 1 is 0.591 bits per heavy atom. The normalized spacial score (nSPS) is 11.6. The summed E-state index contributed by atoms with van der Waals surface area (Å²) < 4.78 is 4.24. The summed E-state index contributed by atoms with van der Waals surface area (Å²) in [6.45, 7) is 0. The first-order valence-electron chi connectivity index (χ1n) is 7.48. The van der Waals surface area contributed by atoms with E-state index in [0.717, 1.165) is 5.21 Å². The average molecular weight is 346 g/mol. The van der Waals surface area contributed by atoms with Gasteiger partial charge in [0.05, 0.1) is 0 Å². The van der Waals surface area contributed by atoms with Crippen molar-refractivity contribution in [3.8, 4) is 12.3 Å². The second-order valence-electron chi connectivity index (χ2n) is 5.38. The molecule has 0 aromatic heterocycles. The Hall–Kier alpha value is -2.22. The predicted molar refractivity (Wildman–Crippen MR) is 99.0 cm³/mol.